The van der Waals surface area contributed by atoms with Gasteiger partial charge in [-0.05, 0) is 12.1 Å². The maximum Gasteiger partial charge on any atom is 0.237 e. The second-order valence-electron chi connectivity index (χ2n) is 6.76. The molecule has 8 heteroatoms. The van der Waals surface area contributed by atoms with Crippen molar-refractivity contribution >= 4 is 29.3 Å². The van der Waals surface area contributed by atoms with E-state index < -0.39 is 0 Å². The molecule has 1 N–H and O–H groups in total. The molecule has 0 radical (unpaired) electrons. The van der Waals surface area contributed by atoms with Crippen LogP contribution in [0, 0.1) is 0 Å². The summed E-state index contributed by atoms with van der Waals surface area (Å²) in [4.78, 5) is 34.6. The van der Waals surface area contributed by atoms with Crippen molar-refractivity contribution in [3.05, 3.63) is 42.5 Å². The minimum absolute atomic E-state index is 0.0625. The van der Waals surface area contributed by atoms with E-state index in [2.05, 4.69) is 10.3 Å². The quantitative estimate of drug-likeness (QED) is 0.862. The van der Waals surface area contributed by atoms with E-state index in [9.17, 15) is 9.59 Å². The largest absolute Gasteiger partial charge is 0.336 e. The van der Waals surface area contributed by atoms with Gasteiger partial charge in [-0.15, -0.1) is 11.8 Å². The minimum atomic E-state index is -0.0776. The lowest BCUT2D eigenvalue weighted by Crippen LogP contribution is -2.50. The molecular weight excluding hydrogens is 362 g/mol. The lowest BCUT2D eigenvalue weighted by atomic mass is 10.1. The highest BCUT2D eigenvalue weighted by atomic mass is 32.2. The van der Waals surface area contributed by atoms with Crippen LogP contribution in [0.4, 0.5) is 5.69 Å². The maximum atomic E-state index is 13.0. The molecule has 4 rings (SSSR count). The summed E-state index contributed by atoms with van der Waals surface area (Å²) in [6.45, 7) is 2.52. The number of aryl methyl sites for hydroxylation is 1. The van der Waals surface area contributed by atoms with E-state index in [0.29, 0.717) is 31.8 Å². The third kappa shape index (κ3) is 3.59. The standard InChI is InChI=1S/C19H23N5O2S/c1-22-10-8-21-19(22)15-12-20-7-11-24(15)17(25)6-9-23-14-4-2-3-5-16(14)27-13-18(23)26/h2-5,8,10,15,20H,6-7,9,11-13H2,1H3. The molecule has 1 saturated heterocycles. The van der Waals surface area contributed by atoms with Gasteiger partial charge in [-0.25, -0.2) is 4.98 Å². The molecule has 2 amide bonds. The second-order valence-corrected chi connectivity index (χ2v) is 7.77. The fourth-order valence-electron chi connectivity index (χ4n) is 3.68. The SMILES string of the molecule is Cn1ccnc1C1CNCCN1C(=O)CCN1C(=O)CSc2ccccc21. The molecule has 27 heavy (non-hydrogen) atoms. The predicted octanol–water partition coefficient (Wildman–Crippen LogP) is 1.42. The van der Waals surface area contributed by atoms with Crippen LogP contribution < -0.4 is 10.2 Å². The first-order valence-electron chi connectivity index (χ1n) is 9.15. The third-order valence-corrected chi connectivity index (χ3v) is 6.13. The van der Waals surface area contributed by atoms with Crippen molar-refractivity contribution in [1.82, 2.24) is 19.8 Å². The molecule has 1 aromatic heterocycles. The Morgan fingerprint density at radius 1 is 1.37 bits per heavy atom. The van der Waals surface area contributed by atoms with Crippen molar-refractivity contribution in [2.45, 2.75) is 17.4 Å². The Bertz CT molecular complexity index is 852. The molecule has 3 heterocycles. The van der Waals surface area contributed by atoms with E-state index in [1.54, 1.807) is 22.9 Å². The predicted molar refractivity (Wildman–Crippen MR) is 105 cm³/mol. The molecule has 0 bridgehead atoms. The Morgan fingerprint density at radius 3 is 3.04 bits per heavy atom. The van der Waals surface area contributed by atoms with Crippen molar-refractivity contribution in [3.63, 3.8) is 0 Å². The number of amides is 2. The second kappa shape index (κ2) is 7.74. The van der Waals surface area contributed by atoms with Crippen LogP contribution >= 0.6 is 11.8 Å². The molecule has 142 valence electrons. The van der Waals surface area contributed by atoms with E-state index in [0.717, 1.165) is 23.0 Å². The summed E-state index contributed by atoms with van der Waals surface area (Å²) < 4.78 is 1.96. The Morgan fingerprint density at radius 2 is 2.22 bits per heavy atom. The van der Waals surface area contributed by atoms with Crippen molar-refractivity contribution in [1.29, 1.82) is 0 Å². The lowest BCUT2D eigenvalue weighted by molar-refractivity contribution is -0.134. The fourth-order valence-corrected chi connectivity index (χ4v) is 4.62. The molecule has 2 aliphatic rings. The van der Waals surface area contributed by atoms with E-state index in [1.165, 1.54) is 0 Å². The number of hydrogen-bond acceptors (Lipinski definition) is 5. The molecule has 2 aliphatic heterocycles. The van der Waals surface area contributed by atoms with Gasteiger partial charge in [-0.1, -0.05) is 12.1 Å². The molecule has 0 aliphatic carbocycles. The number of benzene rings is 1. The Kier molecular flexibility index (Phi) is 5.18. The number of nitrogens with one attached hydrogen (secondary N) is 1. The van der Waals surface area contributed by atoms with Crippen molar-refractivity contribution < 1.29 is 9.59 Å². The summed E-state index contributed by atoms with van der Waals surface area (Å²) in [5.74, 6) is 1.43. The maximum absolute atomic E-state index is 13.0. The first-order chi connectivity index (χ1) is 13.1. The van der Waals surface area contributed by atoms with Crippen LogP contribution in [0.15, 0.2) is 41.6 Å². The highest BCUT2D eigenvalue weighted by Gasteiger charge is 2.31. The van der Waals surface area contributed by atoms with Crippen LogP contribution in [0.25, 0.3) is 0 Å². The number of nitrogens with zero attached hydrogens (tertiary/aromatic N) is 4. The zero-order valence-electron chi connectivity index (χ0n) is 15.3. The number of imidazole rings is 1. The summed E-state index contributed by atoms with van der Waals surface area (Å²) in [5, 5.41) is 3.35. The van der Waals surface area contributed by atoms with Gasteiger partial charge in [0, 0.05) is 56.9 Å². The molecule has 1 fully saturated rings. The van der Waals surface area contributed by atoms with Crippen LogP contribution in [-0.2, 0) is 16.6 Å². The third-order valence-electron chi connectivity index (χ3n) is 5.08. The lowest BCUT2D eigenvalue weighted by Gasteiger charge is -2.36. The summed E-state index contributed by atoms with van der Waals surface area (Å²) in [7, 11) is 1.95. The number of carbonyl (C=O) groups excluding carboxylic acids is 2. The van der Waals surface area contributed by atoms with Gasteiger partial charge in [-0.2, -0.15) is 0 Å². The van der Waals surface area contributed by atoms with Gasteiger partial charge in [0.05, 0.1) is 11.4 Å². The molecule has 2 aromatic rings. The summed E-state index contributed by atoms with van der Waals surface area (Å²) in [5.41, 5.74) is 0.910. The van der Waals surface area contributed by atoms with Crippen LogP contribution in [0.2, 0.25) is 0 Å². The number of fused-ring (bicyclic) bond motifs is 1. The fraction of sp³-hybridized carbons (Fsp3) is 0.421. The molecule has 1 aromatic carbocycles. The average molecular weight is 385 g/mol. The van der Waals surface area contributed by atoms with Crippen LogP contribution in [0.1, 0.15) is 18.3 Å². The number of rotatable bonds is 4. The summed E-state index contributed by atoms with van der Waals surface area (Å²) in [6.07, 6.45) is 3.97. The van der Waals surface area contributed by atoms with E-state index in [4.69, 9.17) is 0 Å². The van der Waals surface area contributed by atoms with Crippen molar-refractivity contribution in [2.24, 2.45) is 7.05 Å². The van der Waals surface area contributed by atoms with Gasteiger partial charge >= 0.3 is 0 Å². The van der Waals surface area contributed by atoms with E-state index >= 15 is 0 Å². The highest BCUT2D eigenvalue weighted by Crippen LogP contribution is 2.35. The number of thioether (sulfide) groups is 1. The van der Waals surface area contributed by atoms with E-state index in [1.807, 2.05) is 47.0 Å². The van der Waals surface area contributed by atoms with Gasteiger partial charge < -0.3 is 19.7 Å². The number of para-hydroxylation sites is 1. The van der Waals surface area contributed by atoms with Crippen molar-refractivity contribution in [2.75, 3.05) is 36.8 Å². The molecule has 7 nitrogen and oxygen atoms in total. The summed E-state index contributed by atoms with van der Waals surface area (Å²) >= 11 is 1.56. The Hall–Kier alpha value is -2.32. The monoisotopic (exact) mass is 385 g/mol. The summed E-state index contributed by atoms with van der Waals surface area (Å²) in [6, 6.07) is 7.80. The molecule has 0 spiro atoms. The average Bonchev–Trinajstić information content (AvgIpc) is 3.12. The molecular formula is C19H23N5O2S. The van der Waals surface area contributed by atoms with Gasteiger partial charge in [0.2, 0.25) is 11.8 Å². The first-order valence-corrected chi connectivity index (χ1v) is 10.1. The van der Waals surface area contributed by atoms with Gasteiger partial charge in [0.1, 0.15) is 11.9 Å². The number of aromatic nitrogens is 2. The normalized spacial score (nSPS) is 19.9. The smallest absolute Gasteiger partial charge is 0.237 e. The first kappa shape index (κ1) is 18.1. The zero-order valence-corrected chi connectivity index (χ0v) is 16.1. The van der Waals surface area contributed by atoms with Gasteiger partial charge in [0.15, 0.2) is 0 Å². The number of carbonyl (C=O) groups is 2. The van der Waals surface area contributed by atoms with Crippen LogP contribution in [-0.4, -0.2) is 58.2 Å². The van der Waals surface area contributed by atoms with Crippen LogP contribution in [0.3, 0.4) is 0 Å². The molecule has 1 unspecified atom stereocenters. The molecule has 1 atom stereocenters. The molecule has 0 saturated carbocycles. The number of anilines is 1. The van der Waals surface area contributed by atoms with E-state index in [-0.39, 0.29) is 17.9 Å². The minimum Gasteiger partial charge on any atom is -0.336 e. The topological polar surface area (TPSA) is 70.5 Å². The number of hydrogen-bond donors (Lipinski definition) is 1. The van der Waals surface area contributed by atoms with Crippen molar-refractivity contribution in [3.8, 4) is 0 Å². The Labute approximate surface area is 162 Å². The number of piperazine rings is 1. The van der Waals surface area contributed by atoms with Crippen LogP contribution in [0.5, 0.6) is 0 Å². The highest BCUT2D eigenvalue weighted by molar-refractivity contribution is 8.00. The van der Waals surface area contributed by atoms with Gasteiger partial charge in [0.25, 0.3) is 0 Å². The van der Waals surface area contributed by atoms with Gasteiger partial charge in [-0.3, -0.25) is 9.59 Å². The zero-order chi connectivity index (χ0) is 18.8. The Balaban J connectivity index is 1.47.